The normalized spacial score (nSPS) is 14.0. The number of aliphatic imine (C=N–C) groups is 1. The van der Waals surface area contributed by atoms with Crippen LogP contribution in [0.4, 0.5) is 20.6 Å². The number of carbonyl (C=O) groups is 1. The Kier molecular flexibility index (Phi) is 9.15. The third-order valence-corrected chi connectivity index (χ3v) is 4.82. The van der Waals surface area contributed by atoms with Crippen molar-refractivity contribution in [2.24, 2.45) is 4.99 Å². The Morgan fingerprint density at radius 1 is 1.10 bits per heavy atom. The molecule has 0 aromatic heterocycles. The van der Waals surface area contributed by atoms with E-state index in [2.05, 4.69) is 30.2 Å². The molecule has 162 valence electrons. The summed E-state index contributed by atoms with van der Waals surface area (Å²) in [6.07, 6.45) is -0.495. The fourth-order valence-electron chi connectivity index (χ4n) is 3.26. The van der Waals surface area contributed by atoms with Gasteiger partial charge in [-0.2, -0.15) is 0 Å². The second-order valence-corrected chi connectivity index (χ2v) is 6.64. The SMILES string of the molecule is CN=C(NCc1ccc(NC(=O)OC)cc1)N1CCN(c2ccccc2F)CC1.I. The first-order valence-electron chi connectivity index (χ1n) is 9.49. The third kappa shape index (κ3) is 6.22. The van der Waals surface area contributed by atoms with Crippen molar-refractivity contribution in [3.63, 3.8) is 0 Å². The van der Waals surface area contributed by atoms with Crippen LogP contribution >= 0.6 is 24.0 Å². The number of hydrogen-bond donors (Lipinski definition) is 2. The first kappa shape index (κ1) is 23.7. The monoisotopic (exact) mass is 527 g/mol. The van der Waals surface area contributed by atoms with Crippen molar-refractivity contribution in [3.05, 3.63) is 59.9 Å². The van der Waals surface area contributed by atoms with Crippen LogP contribution in [-0.2, 0) is 11.3 Å². The van der Waals surface area contributed by atoms with Gasteiger partial charge in [0.05, 0.1) is 12.8 Å². The van der Waals surface area contributed by atoms with Gasteiger partial charge in [-0.15, -0.1) is 24.0 Å². The average molecular weight is 527 g/mol. The van der Waals surface area contributed by atoms with E-state index in [1.54, 1.807) is 13.1 Å². The Hall–Kier alpha value is -2.56. The molecule has 2 N–H and O–H groups in total. The second kappa shape index (κ2) is 11.6. The zero-order valence-corrected chi connectivity index (χ0v) is 19.4. The van der Waals surface area contributed by atoms with Gasteiger partial charge < -0.3 is 19.9 Å². The molecule has 1 saturated heterocycles. The summed E-state index contributed by atoms with van der Waals surface area (Å²) in [4.78, 5) is 19.8. The van der Waals surface area contributed by atoms with Crippen LogP contribution in [-0.4, -0.2) is 57.3 Å². The Morgan fingerprint density at radius 3 is 2.37 bits per heavy atom. The number of benzene rings is 2. The maximum absolute atomic E-state index is 14.0. The van der Waals surface area contributed by atoms with Crippen molar-refractivity contribution in [2.45, 2.75) is 6.54 Å². The standard InChI is InChI=1S/C21H26FN5O2.HI/c1-23-20(24-15-16-7-9-17(10-8-16)25-21(28)29-2)27-13-11-26(12-14-27)19-6-4-3-5-18(19)22;/h3-10H,11-15H2,1-2H3,(H,23,24)(H,25,28);1H. The molecule has 0 spiro atoms. The highest BCUT2D eigenvalue weighted by molar-refractivity contribution is 14.0. The smallest absolute Gasteiger partial charge is 0.411 e. The fraction of sp³-hybridized carbons (Fsp3) is 0.333. The summed E-state index contributed by atoms with van der Waals surface area (Å²) < 4.78 is 18.6. The number of methoxy groups -OCH3 is 1. The summed E-state index contributed by atoms with van der Waals surface area (Å²) in [7, 11) is 3.09. The van der Waals surface area contributed by atoms with Crippen molar-refractivity contribution >= 4 is 47.4 Å². The number of hydrogen-bond acceptors (Lipinski definition) is 4. The van der Waals surface area contributed by atoms with Crippen LogP contribution in [0, 0.1) is 5.82 Å². The molecule has 1 aliphatic heterocycles. The number of piperazine rings is 1. The molecular weight excluding hydrogens is 500 g/mol. The van der Waals surface area contributed by atoms with Gasteiger partial charge in [-0.05, 0) is 29.8 Å². The van der Waals surface area contributed by atoms with E-state index in [0.29, 0.717) is 17.9 Å². The van der Waals surface area contributed by atoms with E-state index < -0.39 is 6.09 Å². The maximum Gasteiger partial charge on any atom is 0.411 e. The minimum Gasteiger partial charge on any atom is -0.453 e. The molecule has 3 rings (SSSR count). The van der Waals surface area contributed by atoms with Crippen LogP contribution in [0.5, 0.6) is 0 Å². The van der Waals surface area contributed by atoms with Gasteiger partial charge in [-0.3, -0.25) is 10.3 Å². The lowest BCUT2D eigenvalue weighted by Crippen LogP contribution is -2.52. The summed E-state index contributed by atoms with van der Waals surface area (Å²) in [5.74, 6) is 0.628. The van der Waals surface area contributed by atoms with Gasteiger partial charge >= 0.3 is 6.09 Å². The van der Waals surface area contributed by atoms with Gasteiger partial charge in [0.2, 0.25) is 0 Å². The van der Waals surface area contributed by atoms with Gasteiger partial charge in [-0.25, -0.2) is 9.18 Å². The van der Waals surface area contributed by atoms with E-state index in [1.807, 2.05) is 36.4 Å². The van der Waals surface area contributed by atoms with Gasteiger partial charge in [0.1, 0.15) is 5.82 Å². The van der Waals surface area contributed by atoms with Crippen molar-refractivity contribution < 1.29 is 13.9 Å². The predicted octanol–water partition coefficient (Wildman–Crippen LogP) is 3.52. The van der Waals surface area contributed by atoms with Crippen molar-refractivity contribution in [1.82, 2.24) is 10.2 Å². The minimum atomic E-state index is -0.495. The number of nitrogens with zero attached hydrogens (tertiary/aromatic N) is 3. The summed E-state index contributed by atoms with van der Waals surface area (Å²) in [6.45, 7) is 3.59. The first-order chi connectivity index (χ1) is 14.1. The lowest BCUT2D eigenvalue weighted by atomic mass is 10.2. The van der Waals surface area contributed by atoms with E-state index in [4.69, 9.17) is 0 Å². The Bertz CT molecular complexity index is 855. The molecule has 0 atom stereocenters. The van der Waals surface area contributed by atoms with Crippen LogP contribution in [0.2, 0.25) is 0 Å². The number of para-hydroxylation sites is 1. The van der Waals surface area contributed by atoms with E-state index in [9.17, 15) is 9.18 Å². The molecule has 0 aliphatic carbocycles. The molecule has 1 aliphatic rings. The highest BCUT2D eigenvalue weighted by atomic mass is 127. The van der Waals surface area contributed by atoms with Gasteiger partial charge in [0.15, 0.2) is 5.96 Å². The molecule has 1 fully saturated rings. The Balaban J connectivity index is 0.00000320. The average Bonchev–Trinajstić information content (AvgIpc) is 2.76. The van der Waals surface area contributed by atoms with E-state index >= 15 is 0 Å². The van der Waals surface area contributed by atoms with Crippen LogP contribution in [0.1, 0.15) is 5.56 Å². The Morgan fingerprint density at radius 2 is 1.77 bits per heavy atom. The molecule has 1 amide bonds. The predicted molar refractivity (Wildman–Crippen MR) is 128 cm³/mol. The summed E-state index contributed by atoms with van der Waals surface area (Å²) in [5, 5.41) is 5.99. The molecule has 0 saturated carbocycles. The molecule has 0 unspecified atom stereocenters. The molecule has 1 heterocycles. The number of carbonyl (C=O) groups excluding carboxylic acids is 1. The maximum atomic E-state index is 14.0. The topological polar surface area (TPSA) is 69.2 Å². The number of amides is 1. The molecule has 0 radical (unpaired) electrons. The van der Waals surface area contributed by atoms with Crippen molar-refractivity contribution in [1.29, 1.82) is 0 Å². The second-order valence-electron chi connectivity index (χ2n) is 6.64. The van der Waals surface area contributed by atoms with Crippen LogP contribution in [0.3, 0.4) is 0 Å². The fourth-order valence-corrected chi connectivity index (χ4v) is 3.26. The molecule has 0 bridgehead atoms. The van der Waals surface area contributed by atoms with Gasteiger partial charge in [0.25, 0.3) is 0 Å². The zero-order chi connectivity index (χ0) is 20.6. The van der Waals surface area contributed by atoms with Crippen molar-refractivity contribution in [3.8, 4) is 0 Å². The van der Waals surface area contributed by atoms with Crippen molar-refractivity contribution in [2.75, 3.05) is 50.6 Å². The number of nitrogens with one attached hydrogen (secondary N) is 2. The summed E-state index contributed by atoms with van der Waals surface area (Å²) in [5.41, 5.74) is 2.39. The summed E-state index contributed by atoms with van der Waals surface area (Å²) >= 11 is 0. The lowest BCUT2D eigenvalue weighted by molar-refractivity contribution is 0.187. The zero-order valence-electron chi connectivity index (χ0n) is 17.1. The van der Waals surface area contributed by atoms with Gasteiger partial charge in [0, 0.05) is 45.5 Å². The third-order valence-electron chi connectivity index (χ3n) is 4.82. The lowest BCUT2D eigenvalue weighted by Gasteiger charge is -2.37. The minimum absolute atomic E-state index is 0. The number of guanidine groups is 1. The number of anilines is 2. The Labute approximate surface area is 193 Å². The largest absolute Gasteiger partial charge is 0.453 e. The first-order valence-corrected chi connectivity index (χ1v) is 9.49. The van der Waals surface area contributed by atoms with Gasteiger partial charge in [-0.1, -0.05) is 24.3 Å². The van der Waals surface area contributed by atoms with E-state index in [-0.39, 0.29) is 29.8 Å². The highest BCUT2D eigenvalue weighted by Gasteiger charge is 2.21. The number of ether oxygens (including phenoxy) is 1. The highest BCUT2D eigenvalue weighted by Crippen LogP contribution is 2.20. The van der Waals surface area contributed by atoms with Crippen LogP contribution in [0.25, 0.3) is 0 Å². The summed E-state index contributed by atoms with van der Waals surface area (Å²) in [6, 6.07) is 14.4. The molecular formula is C21H27FIN5O2. The van der Waals surface area contributed by atoms with Crippen LogP contribution < -0.4 is 15.5 Å². The molecule has 30 heavy (non-hydrogen) atoms. The molecule has 7 nitrogen and oxygen atoms in total. The van der Waals surface area contributed by atoms with E-state index in [0.717, 1.165) is 37.7 Å². The van der Waals surface area contributed by atoms with Crippen LogP contribution in [0.15, 0.2) is 53.5 Å². The molecule has 9 heteroatoms. The molecule has 2 aromatic carbocycles. The number of halogens is 2. The number of rotatable bonds is 4. The van der Waals surface area contributed by atoms with E-state index in [1.165, 1.54) is 13.2 Å². The molecule has 2 aromatic rings. The quantitative estimate of drug-likeness (QED) is 0.362.